The molecule has 0 spiro atoms. The van der Waals surface area contributed by atoms with E-state index in [0.29, 0.717) is 5.56 Å². The van der Waals surface area contributed by atoms with Crippen LogP contribution in [0, 0.1) is 5.82 Å². The van der Waals surface area contributed by atoms with Crippen LogP contribution in [-0.4, -0.2) is 12.5 Å². The van der Waals surface area contributed by atoms with Crippen molar-refractivity contribution in [3.05, 3.63) is 29.6 Å². The van der Waals surface area contributed by atoms with Gasteiger partial charge in [-0.3, -0.25) is 0 Å². The average molecular weight is 268 g/mol. The largest absolute Gasteiger partial charge is 0.461 e. The van der Waals surface area contributed by atoms with Gasteiger partial charge in [0.15, 0.2) is 11.6 Å². The van der Waals surface area contributed by atoms with E-state index in [-0.39, 0.29) is 5.41 Å². The molecule has 0 unspecified atom stereocenters. The molecular weight excluding hydrogens is 255 g/mol. The Morgan fingerprint density at radius 3 is 2.06 bits per heavy atom. The van der Waals surface area contributed by atoms with Gasteiger partial charge in [-0.2, -0.15) is 17.6 Å². The van der Waals surface area contributed by atoms with Crippen LogP contribution in [0.1, 0.15) is 26.3 Å². The predicted molar refractivity (Wildman–Crippen MR) is 56.7 cm³/mol. The highest BCUT2D eigenvalue weighted by Gasteiger charge is 2.44. The van der Waals surface area contributed by atoms with Gasteiger partial charge in [-0.25, -0.2) is 4.39 Å². The van der Waals surface area contributed by atoms with E-state index < -0.39 is 24.1 Å². The van der Waals surface area contributed by atoms with Gasteiger partial charge in [0.1, 0.15) is 0 Å². The Labute approximate surface area is 102 Å². The first-order valence-corrected chi connectivity index (χ1v) is 5.19. The van der Waals surface area contributed by atoms with Crippen molar-refractivity contribution in [1.29, 1.82) is 0 Å². The first-order valence-electron chi connectivity index (χ1n) is 5.19. The summed E-state index contributed by atoms with van der Waals surface area (Å²) in [6.07, 6.45) is -8.72. The van der Waals surface area contributed by atoms with E-state index in [9.17, 15) is 22.0 Å². The monoisotopic (exact) mass is 268 g/mol. The van der Waals surface area contributed by atoms with Crippen molar-refractivity contribution in [2.75, 3.05) is 0 Å². The lowest BCUT2D eigenvalue weighted by Crippen LogP contribution is -2.33. The highest BCUT2D eigenvalue weighted by atomic mass is 19.3. The Kier molecular flexibility index (Phi) is 3.88. The zero-order valence-electron chi connectivity index (χ0n) is 10.1. The molecule has 0 fully saturated rings. The Morgan fingerprint density at radius 2 is 1.67 bits per heavy atom. The normalized spacial score (nSPS) is 12.9. The smallest absolute Gasteiger partial charge is 0.425 e. The first kappa shape index (κ1) is 14.7. The van der Waals surface area contributed by atoms with Crippen molar-refractivity contribution in [2.24, 2.45) is 0 Å². The SMILES string of the molecule is CC(C)(C)c1ccc(OC(F)(F)C(F)F)c(F)c1. The fraction of sp³-hybridized carbons (Fsp3) is 0.500. The van der Waals surface area contributed by atoms with Crippen LogP contribution in [0.25, 0.3) is 0 Å². The van der Waals surface area contributed by atoms with Gasteiger partial charge in [-0.15, -0.1) is 0 Å². The molecule has 0 saturated heterocycles. The lowest BCUT2D eigenvalue weighted by molar-refractivity contribution is -0.254. The molecule has 1 nitrogen and oxygen atoms in total. The van der Waals surface area contributed by atoms with Crippen molar-refractivity contribution in [3.8, 4) is 5.75 Å². The summed E-state index contributed by atoms with van der Waals surface area (Å²) in [4.78, 5) is 0. The van der Waals surface area contributed by atoms with E-state index in [1.54, 1.807) is 20.8 Å². The van der Waals surface area contributed by atoms with E-state index in [4.69, 9.17) is 0 Å². The van der Waals surface area contributed by atoms with E-state index in [0.717, 1.165) is 12.1 Å². The summed E-state index contributed by atoms with van der Waals surface area (Å²) in [6, 6.07) is 3.28. The molecule has 0 aliphatic heterocycles. The summed E-state index contributed by atoms with van der Waals surface area (Å²) in [6.45, 7) is 5.40. The first-order chi connectivity index (χ1) is 8.04. The minimum atomic E-state index is -4.70. The summed E-state index contributed by atoms with van der Waals surface area (Å²) >= 11 is 0. The van der Waals surface area contributed by atoms with Crippen LogP contribution < -0.4 is 4.74 Å². The molecule has 102 valence electrons. The fourth-order valence-electron chi connectivity index (χ4n) is 1.24. The van der Waals surface area contributed by atoms with Crippen LogP contribution in [-0.2, 0) is 5.41 Å². The molecule has 1 aromatic rings. The summed E-state index contributed by atoms with van der Waals surface area (Å²) in [5.74, 6) is -1.99. The molecule has 0 N–H and O–H groups in total. The van der Waals surface area contributed by atoms with Gasteiger partial charge >= 0.3 is 12.5 Å². The Bertz CT molecular complexity index is 423. The Balaban J connectivity index is 3.01. The maximum Gasteiger partial charge on any atom is 0.461 e. The highest BCUT2D eigenvalue weighted by molar-refractivity contribution is 5.33. The molecule has 0 bridgehead atoms. The number of rotatable bonds is 3. The van der Waals surface area contributed by atoms with Crippen LogP contribution in [0.2, 0.25) is 0 Å². The lowest BCUT2D eigenvalue weighted by atomic mass is 9.87. The lowest BCUT2D eigenvalue weighted by Gasteiger charge is -2.21. The second-order valence-electron chi connectivity index (χ2n) is 4.86. The van der Waals surface area contributed by atoms with Gasteiger partial charge in [0.05, 0.1) is 0 Å². The molecule has 0 amide bonds. The van der Waals surface area contributed by atoms with Crippen LogP contribution >= 0.6 is 0 Å². The predicted octanol–water partition coefficient (Wildman–Crippen LogP) is 4.36. The van der Waals surface area contributed by atoms with E-state index in [1.165, 1.54) is 6.07 Å². The van der Waals surface area contributed by atoms with Gasteiger partial charge < -0.3 is 4.74 Å². The van der Waals surface area contributed by atoms with Crippen molar-refractivity contribution >= 4 is 0 Å². The molecular formula is C12H13F5O. The third-order valence-electron chi connectivity index (χ3n) is 2.30. The molecule has 1 rings (SSSR count). The Hall–Kier alpha value is -1.33. The summed E-state index contributed by atoms with van der Waals surface area (Å²) in [5.41, 5.74) is 0.164. The average Bonchev–Trinajstić information content (AvgIpc) is 2.19. The number of hydrogen-bond acceptors (Lipinski definition) is 1. The molecule has 1 aromatic carbocycles. The number of benzene rings is 1. The quantitative estimate of drug-likeness (QED) is 0.740. The van der Waals surface area contributed by atoms with Crippen LogP contribution in [0.4, 0.5) is 22.0 Å². The minimum absolute atomic E-state index is 0.384. The molecule has 0 radical (unpaired) electrons. The summed E-state index contributed by atoms with van der Waals surface area (Å²) < 4.78 is 66.2. The van der Waals surface area contributed by atoms with Crippen LogP contribution in [0.15, 0.2) is 18.2 Å². The van der Waals surface area contributed by atoms with Gasteiger partial charge in [-0.05, 0) is 23.1 Å². The topological polar surface area (TPSA) is 9.23 Å². The van der Waals surface area contributed by atoms with Gasteiger partial charge in [0.25, 0.3) is 0 Å². The Morgan fingerprint density at radius 1 is 1.11 bits per heavy atom. The maximum atomic E-state index is 13.5. The number of hydrogen-bond donors (Lipinski definition) is 0. The van der Waals surface area contributed by atoms with Crippen LogP contribution in [0.5, 0.6) is 5.75 Å². The van der Waals surface area contributed by atoms with Gasteiger partial charge in [0, 0.05) is 0 Å². The van der Waals surface area contributed by atoms with Crippen molar-refractivity contribution in [3.63, 3.8) is 0 Å². The molecule has 0 aliphatic rings. The van der Waals surface area contributed by atoms with E-state index >= 15 is 0 Å². The zero-order chi connectivity index (χ0) is 14.1. The molecule has 0 aromatic heterocycles. The number of ether oxygens (including phenoxy) is 1. The molecule has 0 atom stereocenters. The molecule has 0 saturated carbocycles. The van der Waals surface area contributed by atoms with Crippen molar-refractivity contribution in [1.82, 2.24) is 0 Å². The molecule has 0 aliphatic carbocycles. The minimum Gasteiger partial charge on any atom is -0.425 e. The second-order valence-corrected chi connectivity index (χ2v) is 4.86. The standard InChI is InChI=1S/C12H13F5O/c1-11(2,3)7-4-5-9(8(13)6-7)18-12(16,17)10(14)15/h4-6,10H,1-3H3. The zero-order valence-corrected chi connectivity index (χ0v) is 10.1. The second kappa shape index (κ2) is 4.74. The van der Waals surface area contributed by atoms with Gasteiger partial charge in [-0.1, -0.05) is 26.8 Å². The molecule has 18 heavy (non-hydrogen) atoms. The summed E-state index contributed by atoms with van der Waals surface area (Å²) in [5, 5.41) is 0. The number of halogens is 5. The maximum absolute atomic E-state index is 13.5. The summed E-state index contributed by atoms with van der Waals surface area (Å²) in [7, 11) is 0. The van der Waals surface area contributed by atoms with Crippen molar-refractivity contribution in [2.45, 2.75) is 38.7 Å². The molecule has 0 heterocycles. The molecule has 6 heteroatoms. The third-order valence-corrected chi connectivity index (χ3v) is 2.30. The van der Waals surface area contributed by atoms with Crippen LogP contribution in [0.3, 0.4) is 0 Å². The van der Waals surface area contributed by atoms with Gasteiger partial charge in [0.2, 0.25) is 0 Å². The number of alkyl halides is 4. The van der Waals surface area contributed by atoms with E-state index in [2.05, 4.69) is 4.74 Å². The van der Waals surface area contributed by atoms with Crippen molar-refractivity contribution < 1.29 is 26.7 Å². The highest BCUT2D eigenvalue weighted by Crippen LogP contribution is 2.32. The van der Waals surface area contributed by atoms with E-state index in [1.807, 2.05) is 0 Å². The third kappa shape index (κ3) is 3.34. The fourth-order valence-corrected chi connectivity index (χ4v) is 1.24.